The molecule has 1 heterocycles. The Labute approximate surface area is 102 Å². The van der Waals surface area contributed by atoms with Crippen LogP contribution in [0.4, 0.5) is 0 Å². The fourth-order valence-electron chi connectivity index (χ4n) is 1.66. The van der Waals surface area contributed by atoms with Crippen LogP contribution >= 0.6 is 11.3 Å². The van der Waals surface area contributed by atoms with Gasteiger partial charge in [0.2, 0.25) is 0 Å². The molecule has 1 aromatic heterocycles. The molecule has 0 saturated heterocycles. The summed E-state index contributed by atoms with van der Waals surface area (Å²) in [4.78, 5) is 14.1. The minimum atomic E-state index is 0.0746. The highest BCUT2D eigenvalue weighted by atomic mass is 32.1. The van der Waals surface area contributed by atoms with Gasteiger partial charge in [-0.05, 0) is 38.7 Å². The molecule has 0 atom stereocenters. The van der Waals surface area contributed by atoms with Crippen molar-refractivity contribution in [3.05, 3.63) is 21.4 Å². The number of hydrogen-bond donors (Lipinski definition) is 1. The molecular formula is C13H21NOS. The van der Waals surface area contributed by atoms with Crippen LogP contribution in [0.1, 0.15) is 46.8 Å². The Hall–Kier alpha value is -0.830. The predicted molar refractivity (Wildman–Crippen MR) is 70.2 cm³/mol. The molecule has 0 spiro atoms. The van der Waals surface area contributed by atoms with Crippen LogP contribution in [0.2, 0.25) is 0 Å². The number of hydrogen-bond acceptors (Lipinski definition) is 2. The second kappa shape index (κ2) is 6.04. The Bertz CT molecular complexity index is 355. The molecule has 0 radical (unpaired) electrons. The van der Waals surface area contributed by atoms with Gasteiger partial charge in [0.05, 0.1) is 5.56 Å². The second-order valence-corrected chi connectivity index (χ2v) is 6.08. The maximum absolute atomic E-state index is 11.8. The van der Waals surface area contributed by atoms with Crippen LogP contribution in [0.25, 0.3) is 0 Å². The standard InChI is InChI=1S/C13H21NOS/c1-9(2)6-5-7-14-13(15)12-8-10(3)16-11(12)4/h8-9H,5-7H2,1-4H3,(H,14,15). The van der Waals surface area contributed by atoms with E-state index >= 15 is 0 Å². The van der Waals surface area contributed by atoms with E-state index in [1.165, 1.54) is 11.3 Å². The molecule has 90 valence electrons. The molecule has 0 aliphatic heterocycles. The van der Waals surface area contributed by atoms with Crippen LogP contribution < -0.4 is 5.32 Å². The summed E-state index contributed by atoms with van der Waals surface area (Å²) in [5.41, 5.74) is 0.840. The molecule has 0 aromatic carbocycles. The number of amides is 1. The predicted octanol–water partition coefficient (Wildman–Crippen LogP) is 3.53. The van der Waals surface area contributed by atoms with E-state index in [4.69, 9.17) is 0 Å². The van der Waals surface area contributed by atoms with E-state index in [1.807, 2.05) is 19.9 Å². The Kier molecular flexibility index (Phi) is 5.00. The van der Waals surface area contributed by atoms with Crippen LogP contribution in [0.5, 0.6) is 0 Å². The van der Waals surface area contributed by atoms with Crippen molar-refractivity contribution in [1.82, 2.24) is 5.32 Å². The Morgan fingerprint density at radius 2 is 2.12 bits per heavy atom. The summed E-state index contributed by atoms with van der Waals surface area (Å²) in [6, 6.07) is 1.97. The van der Waals surface area contributed by atoms with Crippen LogP contribution in [-0.4, -0.2) is 12.5 Å². The Balaban J connectivity index is 2.38. The zero-order valence-electron chi connectivity index (χ0n) is 10.6. The van der Waals surface area contributed by atoms with E-state index in [1.54, 1.807) is 11.3 Å². The van der Waals surface area contributed by atoms with E-state index < -0.39 is 0 Å². The van der Waals surface area contributed by atoms with E-state index in [2.05, 4.69) is 19.2 Å². The van der Waals surface area contributed by atoms with Crippen molar-refractivity contribution in [2.45, 2.75) is 40.5 Å². The number of nitrogens with one attached hydrogen (secondary N) is 1. The molecule has 0 bridgehead atoms. The fourth-order valence-corrected chi connectivity index (χ4v) is 2.59. The van der Waals surface area contributed by atoms with Gasteiger partial charge in [0.15, 0.2) is 0 Å². The van der Waals surface area contributed by atoms with Gasteiger partial charge < -0.3 is 5.32 Å². The average Bonchev–Trinajstić information content (AvgIpc) is 2.52. The lowest BCUT2D eigenvalue weighted by atomic mass is 10.1. The number of carbonyl (C=O) groups is 1. The van der Waals surface area contributed by atoms with Gasteiger partial charge in [0.25, 0.3) is 5.91 Å². The second-order valence-electron chi connectivity index (χ2n) is 4.62. The maximum Gasteiger partial charge on any atom is 0.252 e. The van der Waals surface area contributed by atoms with Gasteiger partial charge in [-0.1, -0.05) is 13.8 Å². The summed E-state index contributed by atoms with van der Waals surface area (Å²) in [7, 11) is 0. The highest BCUT2D eigenvalue weighted by molar-refractivity contribution is 7.12. The van der Waals surface area contributed by atoms with Gasteiger partial charge in [-0.15, -0.1) is 11.3 Å². The highest BCUT2D eigenvalue weighted by Gasteiger charge is 2.10. The molecule has 0 aliphatic carbocycles. The molecule has 1 amide bonds. The summed E-state index contributed by atoms with van der Waals surface area (Å²) in [5, 5.41) is 2.98. The van der Waals surface area contributed by atoms with Gasteiger partial charge in [0.1, 0.15) is 0 Å². The molecule has 16 heavy (non-hydrogen) atoms. The molecule has 1 rings (SSSR count). The highest BCUT2D eigenvalue weighted by Crippen LogP contribution is 2.20. The third-order valence-electron chi connectivity index (χ3n) is 2.53. The first-order chi connectivity index (χ1) is 7.50. The molecule has 1 N–H and O–H groups in total. The smallest absolute Gasteiger partial charge is 0.252 e. The molecule has 2 nitrogen and oxygen atoms in total. The molecule has 3 heteroatoms. The third-order valence-corrected chi connectivity index (χ3v) is 3.50. The first kappa shape index (κ1) is 13.2. The summed E-state index contributed by atoms with van der Waals surface area (Å²) < 4.78 is 0. The molecule has 0 saturated carbocycles. The molecule has 0 unspecified atom stereocenters. The quantitative estimate of drug-likeness (QED) is 0.782. The lowest BCUT2D eigenvalue weighted by Gasteiger charge is -2.06. The van der Waals surface area contributed by atoms with Crippen molar-refractivity contribution in [1.29, 1.82) is 0 Å². The van der Waals surface area contributed by atoms with Crippen LogP contribution in [0, 0.1) is 19.8 Å². The number of aryl methyl sites for hydroxylation is 2. The fraction of sp³-hybridized carbons (Fsp3) is 0.615. The van der Waals surface area contributed by atoms with E-state index in [0.717, 1.165) is 23.4 Å². The molecule has 1 aromatic rings. The van der Waals surface area contributed by atoms with Crippen molar-refractivity contribution >= 4 is 17.2 Å². The van der Waals surface area contributed by atoms with Gasteiger partial charge in [-0.25, -0.2) is 0 Å². The maximum atomic E-state index is 11.8. The van der Waals surface area contributed by atoms with E-state index in [9.17, 15) is 4.79 Å². The molecule has 0 aliphatic rings. The zero-order valence-corrected chi connectivity index (χ0v) is 11.4. The van der Waals surface area contributed by atoms with Gasteiger partial charge in [-0.2, -0.15) is 0 Å². The summed E-state index contributed by atoms with van der Waals surface area (Å²) in [6.07, 6.45) is 2.23. The third kappa shape index (κ3) is 3.97. The van der Waals surface area contributed by atoms with Crippen LogP contribution in [-0.2, 0) is 0 Å². The molecule has 0 fully saturated rings. The number of carbonyl (C=O) groups excluding carboxylic acids is 1. The van der Waals surface area contributed by atoms with E-state index in [0.29, 0.717) is 5.92 Å². The molecular weight excluding hydrogens is 218 g/mol. The SMILES string of the molecule is Cc1cc(C(=O)NCCCC(C)C)c(C)s1. The lowest BCUT2D eigenvalue weighted by Crippen LogP contribution is -2.24. The Morgan fingerprint density at radius 3 is 2.62 bits per heavy atom. The van der Waals surface area contributed by atoms with Crippen molar-refractivity contribution in [2.24, 2.45) is 5.92 Å². The van der Waals surface area contributed by atoms with Crippen molar-refractivity contribution in [3.8, 4) is 0 Å². The minimum absolute atomic E-state index is 0.0746. The summed E-state index contributed by atoms with van der Waals surface area (Å²) >= 11 is 1.68. The number of rotatable bonds is 5. The Morgan fingerprint density at radius 1 is 1.44 bits per heavy atom. The van der Waals surface area contributed by atoms with Crippen LogP contribution in [0.3, 0.4) is 0 Å². The van der Waals surface area contributed by atoms with E-state index in [-0.39, 0.29) is 5.91 Å². The van der Waals surface area contributed by atoms with Gasteiger partial charge >= 0.3 is 0 Å². The van der Waals surface area contributed by atoms with Gasteiger partial charge in [-0.3, -0.25) is 4.79 Å². The minimum Gasteiger partial charge on any atom is -0.352 e. The lowest BCUT2D eigenvalue weighted by molar-refractivity contribution is 0.0952. The first-order valence-corrected chi connectivity index (χ1v) is 6.67. The topological polar surface area (TPSA) is 29.1 Å². The van der Waals surface area contributed by atoms with Crippen molar-refractivity contribution < 1.29 is 4.79 Å². The first-order valence-electron chi connectivity index (χ1n) is 5.86. The normalized spacial score (nSPS) is 10.8. The summed E-state index contributed by atoms with van der Waals surface area (Å²) in [5.74, 6) is 0.785. The zero-order chi connectivity index (χ0) is 12.1. The largest absolute Gasteiger partial charge is 0.352 e. The van der Waals surface area contributed by atoms with Crippen molar-refractivity contribution in [3.63, 3.8) is 0 Å². The van der Waals surface area contributed by atoms with Crippen molar-refractivity contribution in [2.75, 3.05) is 6.54 Å². The van der Waals surface area contributed by atoms with Crippen LogP contribution in [0.15, 0.2) is 6.07 Å². The monoisotopic (exact) mass is 239 g/mol. The summed E-state index contributed by atoms with van der Waals surface area (Å²) in [6.45, 7) is 9.22. The number of thiophene rings is 1. The van der Waals surface area contributed by atoms with Gasteiger partial charge in [0, 0.05) is 16.3 Å². The average molecular weight is 239 g/mol.